The van der Waals surface area contributed by atoms with E-state index in [1.165, 1.54) is 51.4 Å². The van der Waals surface area contributed by atoms with E-state index in [1.807, 2.05) is 6.92 Å². The molecule has 0 bridgehead atoms. The zero-order valence-electron chi connectivity index (χ0n) is 36.9. The van der Waals surface area contributed by atoms with Gasteiger partial charge in [-0.3, -0.25) is 28.0 Å². The molecule has 0 aliphatic heterocycles. The number of unbranched alkanes of at least 4 members (excludes halogenated alkanes) is 21. The molecule has 360 valence electrons. The van der Waals surface area contributed by atoms with Crippen LogP contribution in [0.5, 0.6) is 0 Å². The molecule has 0 aromatic carbocycles. The summed E-state index contributed by atoms with van der Waals surface area (Å²) in [6.07, 6.45) is 12.0. The third-order valence-electron chi connectivity index (χ3n) is 10.8. The Hall–Kier alpha value is -1.33. The second-order valence-corrected chi connectivity index (χ2v) is 19.1. The average Bonchev–Trinajstić information content (AvgIpc) is 3.20. The molecular formula is C42H80O17P2. The number of hydrogen-bond acceptors (Lipinski definition) is 14. The molecular weight excluding hydrogens is 838 g/mol. The number of ketones is 1. The number of rotatable bonds is 39. The number of aliphatic hydroxyl groups excluding tert-OH is 4. The number of esters is 2. The van der Waals surface area contributed by atoms with Crippen LogP contribution in [0.3, 0.4) is 0 Å². The monoisotopic (exact) mass is 918 g/mol. The Morgan fingerprint density at radius 2 is 0.885 bits per heavy atom. The third kappa shape index (κ3) is 29.0. The van der Waals surface area contributed by atoms with Crippen molar-refractivity contribution in [2.45, 2.75) is 236 Å². The summed E-state index contributed by atoms with van der Waals surface area (Å²) in [5.74, 6) is -0.882. The lowest BCUT2D eigenvalue weighted by molar-refractivity contribution is -0.216. The maximum Gasteiger partial charge on any atom is 0.472 e. The van der Waals surface area contributed by atoms with E-state index in [4.69, 9.17) is 28.3 Å². The molecule has 1 aliphatic carbocycles. The number of hydrogen-bond donors (Lipinski definition) is 7. The van der Waals surface area contributed by atoms with E-state index < -0.39 is 83.5 Å². The number of phosphoric acid groups is 2. The molecule has 0 heterocycles. The number of carbonyl (C=O) groups excluding carboxylic acids is 3. The zero-order valence-corrected chi connectivity index (χ0v) is 38.7. The highest BCUT2D eigenvalue weighted by atomic mass is 31.2. The number of ether oxygens (including phenoxy) is 2. The summed E-state index contributed by atoms with van der Waals surface area (Å²) < 4.78 is 49.3. The van der Waals surface area contributed by atoms with Gasteiger partial charge in [0.05, 0.1) is 6.61 Å². The lowest BCUT2D eigenvalue weighted by atomic mass is 9.85. The lowest BCUT2D eigenvalue weighted by Crippen LogP contribution is -2.64. The van der Waals surface area contributed by atoms with Gasteiger partial charge < -0.3 is 44.6 Å². The van der Waals surface area contributed by atoms with Crippen LogP contribution in [0.4, 0.5) is 0 Å². The molecule has 1 saturated carbocycles. The Morgan fingerprint density at radius 1 is 0.475 bits per heavy atom. The van der Waals surface area contributed by atoms with Crippen LogP contribution < -0.4 is 0 Å². The quantitative estimate of drug-likeness (QED) is 0.0180. The molecule has 1 aliphatic rings. The van der Waals surface area contributed by atoms with Crippen molar-refractivity contribution >= 4 is 33.4 Å². The van der Waals surface area contributed by atoms with Crippen molar-refractivity contribution in [3.05, 3.63) is 0 Å². The minimum Gasteiger partial charge on any atom is -0.462 e. The molecule has 8 atom stereocenters. The summed E-state index contributed by atoms with van der Waals surface area (Å²) in [6.45, 7) is 2.86. The van der Waals surface area contributed by atoms with Gasteiger partial charge >= 0.3 is 27.6 Å². The minimum atomic E-state index is -5.36. The van der Waals surface area contributed by atoms with Gasteiger partial charge in [-0.25, -0.2) is 9.13 Å². The molecule has 17 nitrogen and oxygen atoms in total. The van der Waals surface area contributed by atoms with Crippen LogP contribution in [0, 0.1) is 0 Å². The number of aliphatic hydroxyl groups is 4. The van der Waals surface area contributed by atoms with Crippen molar-refractivity contribution in [2.75, 3.05) is 13.2 Å². The Morgan fingerprint density at radius 3 is 1.33 bits per heavy atom. The summed E-state index contributed by atoms with van der Waals surface area (Å²) in [4.78, 5) is 65.8. The van der Waals surface area contributed by atoms with Gasteiger partial charge in [0.1, 0.15) is 49.0 Å². The normalized spacial score (nSPS) is 22.1. The van der Waals surface area contributed by atoms with E-state index in [1.54, 1.807) is 0 Å². The Labute approximate surface area is 363 Å². The first kappa shape index (κ1) is 57.7. The molecule has 0 radical (unpaired) electrons. The van der Waals surface area contributed by atoms with Crippen molar-refractivity contribution in [1.29, 1.82) is 0 Å². The van der Waals surface area contributed by atoms with Crippen molar-refractivity contribution in [3.63, 3.8) is 0 Å². The van der Waals surface area contributed by atoms with Gasteiger partial charge in [0.2, 0.25) is 0 Å². The second kappa shape index (κ2) is 34.1. The van der Waals surface area contributed by atoms with Crippen LogP contribution in [0.25, 0.3) is 0 Å². The molecule has 0 aromatic heterocycles. The van der Waals surface area contributed by atoms with Crippen LogP contribution >= 0.6 is 15.6 Å². The van der Waals surface area contributed by atoms with E-state index >= 15 is 0 Å². The first-order chi connectivity index (χ1) is 29.0. The van der Waals surface area contributed by atoms with Gasteiger partial charge in [-0.2, -0.15) is 0 Å². The summed E-state index contributed by atoms with van der Waals surface area (Å²) >= 11 is 0. The Balaban J connectivity index is 2.60. The summed E-state index contributed by atoms with van der Waals surface area (Å²) in [6, 6.07) is 0. The van der Waals surface area contributed by atoms with Gasteiger partial charge in [0.15, 0.2) is 6.10 Å². The first-order valence-electron chi connectivity index (χ1n) is 23.0. The van der Waals surface area contributed by atoms with Crippen molar-refractivity contribution in [2.24, 2.45) is 0 Å². The molecule has 19 heteroatoms. The van der Waals surface area contributed by atoms with Gasteiger partial charge in [-0.1, -0.05) is 142 Å². The highest BCUT2D eigenvalue weighted by molar-refractivity contribution is 7.47. The van der Waals surface area contributed by atoms with E-state index in [9.17, 15) is 48.8 Å². The van der Waals surface area contributed by atoms with Crippen molar-refractivity contribution in [1.82, 2.24) is 0 Å². The fourth-order valence-corrected chi connectivity index (χ4v) is 8.81. The van der Waals surface area contributed by atoms with Crippen LogP contribution in [0.1, 0.15) is 194 Å². The molecule has 0 spiro atoms. The molecule has 1 rings (SSSR count). The summed E-state index contributed by atoms with van der Waals surface area (Å²) in [5, 5.41) is 41.2. The smallest absolute Gasteiger partial charge is 0.462 e. The average molecular weight is 919 g/mol. The van der Waals surface area contributed by atoms with Gasteiger partial charge in [-0.15, -0.1) is 0 Å². The van der Waals surface area contributed by atoms with Gasteiger partial charge in [-0.05, 0) is 25.7 Å². The maximum absolute atomic E-state index is 13.0. The standard InChI is InChI=1S/C42H80O17P2/c1-3-5-6-7-8-9-10-11-12-17-20-23-26-30-36(45)57-34(31-55-35(44)29-25-22-19-16-14-13-15-18-21-24-28-33(43)27-4-2)32-56-61(53,54)59-42-39(48)37(46)38(47)41(40(42)49)58-60(50,51)52/h34,37-42,46-49H,3-32H2,1-2H3,(H,53,54)(H2,50,51,52)/t34-,37+,38?,39?,40-,41-,42?/m1/s1. The number of Topliss-reactive ketones (excluding diaryl/α,β-unsaturated/α-hetero) is 1. The molecule has 0 amide bonds. The molecule has 0 aromatic rings. The lowest BCUT2D eigenvalue weighted by Gasteiger charge is -2.43. The third-order valence-corrected chi connectivity index (χ3v) is 12.3. The Kier molecular flexibility index (Phi) is 32.2. The SMILES string of the molecule is CCCCCCCCCCCCCCCC(=O)O[C@H](COC(=O)CCCCCCCCCCCCC(=O)CCC)COP(=O)(O)OC1C(O)[C@@H](O)C(O)[C@@H](OP(=O)(O)O)[C@H]1O. The van der Waals surface area contributed by atoms with Crippen molar-refractivity contribution < 1.29 is 81.7 Å². The first-order valence-corrected chi connectivity index (χ1v) is 26.0. The highest BCUT2D eigenvalue weighted by Crippen LogP contribution is 2.49. The maximum atomic E-state index is 13.0. The minimum absolute atomic E-state index is 0.0389. The van der Waals surface area contributed by atoms with E-state index in [2.05, 4.69) is 11.4 Å². The van der Waals surface area contributed by atoms with Crippen LogP contribution in [-0.2, 0) is 46.6 Å². The largest absolute Gasteiger partial charge is 0.472 e. The zero-order chi connectivity index (χ0) is 45.5. The van der Waals surface area contributed by atoms with Crippen LogP contribution in [0.2, 0.25) is 0 Å². The molecule has 0 saturated heterocycles. The molecule has 1 fully saturated rings. The fraction of sp³-hybridized carbons (Fsp3) is 0.929. The predicted molar refractivity (Wildman–Crippen MR) is 228 cm³/mol. The van der Waals surface area contributed by atoms with Gasteiger partial charge in [0, 0.05) is 25.7 Å². The van der Waals surface area contributed by atoms with E-state index in [-0.39, 0.29) is 12.8 Å². The fourth-order valence-electron chi connectivity index (χ4n) is 7.27. The summed E-state index contributed by atoms with van der Waals surface area (Å²) in [5.41, 5.74) is 0. The highest BCUT2D eigenvalue weighted by Gasteiger charge is 2.54. The molecule has 4 unspecified atom stereocenters. The van der Waals surface area contributed by atoms with E-state index in [0.717, 1.165) is 89.9 Å². The molecule has 61 heavy (non-hydrogen) atoms. The predicted octanol–water partition coefficient (Wildman–Crippen LogP) is 7.41. The van der Waals surface area contributed by atoms with Crippen LogP contribution in [-0.4, -0.2) is 109 Å². The topological polar surface area (TPSA) is 273 Å². The summed E-state index contributed by atoms with van der Waals surface area (Å²) in [7, 11) is -10.7. The molecule has 7 N–H and O–H groups in total. The van der Waals surface area contributed by atoms with Gasteiger partial charge in [0.25, 0.3) is 0 Å². The Bertz CT molecular complexity index is 1270. The number of carbonyl (C=O) groups is 3. The second-order valence-electron chi connectivity index (χ2n) is 16.5. The van der Waals surface area contributed by atoms with Crippen LogP contribution in [0.15, 0.2) is 0 Å². The van der Waals surface area contributed by atoms with E-state index in [0.29, 0.717) is 31.5 Å². The van der Waals surface area contributed by atoms with Crippen molar-refractivity contribution in [3.8, 4) is 0 Å². The number of phosphoric ester groups is 2.